The highest BCUT2D eigenvalue weighted by Crippen LogP contribution is 2.17. The fourth-order valence-electron chi connectivity index (χ4n) is 8.01. The highest BCUT2D eigenvalue weighted by Gasteiger charge is 2.31. The van der Waals surface area contributed by atoms with Crippen LogP contribution in [0.1, 0.15) is 251 Å². The van der Waals surface area contributed by atoms with Crippen molar-refractivity contribution < 1.29 is 38.2 Å². The molecule has 0 aromatic carbocycles. The normalized spacial score (nSPS) is 13.0. The van der Waals surface area contributed by atoms with Crippen LogP contribution in [0.2, 0.25) is 0 Å². The van der Waals surface area contributed by atoms with E-state index in [1.165, 1.54) is 167 Å². The fourth-order valence-corrected chi connectivity index (χ4v) is 8.01. The second-order valence-electron chi connectivity index (χ2n) is 19.1. The molecule has 0 bridgehead atoms. The molecule has 0 aromatic heterocycles. The molecule has 0 saturated carbocycles. The van der Waals surface area contributed by atoms with Gasteiger partial charge in [-0.1, -0.05) is 212 Å². The van der Waals surface area contributed by atoms with E-state index in [2.05, 4.69) is 38.2 Å². The van der Waals surface area contributed by atoms with E-state index in [1.54, 1.807) is 0 Å². The molecule has 1 N–H and O–H groups in total. The number of hydrogen-bond donors (Lipinski definition) is 1. The van der Waals surface area contributed by atoms with Gasteiger partial charge in [-0.2, -0.15) is 0 Å². The number of carbonyl (C=O) groups is 3. The minimum atomic E-state index is -0.872. The van der Waals surface area contributed by atoms with Crippen molar-refractivity contribution in [3.8, 4) is 0 Å². The van der Waals surface area contributed by atoms with Crippen LogP contribution in [-0.4, -0.2) is 80.6 Å². The lowest BCUT2D eigenvalue weighted by Crippen LogP contribution is -2.50. The third-order valence-corrected chi connectivity index (χ3v) is 12.1. The molecule has 0 aromatic rings. The van der Waals surface area contributed by atoms with Crippen molar-refractivity contribution in [2.75, 3.05) is 41.0 Å². The summed E-state index contributed by atoms with van der Waals surface area (Å²) in [6, 6.07) is -0.613. The van der Waals surface area contributed by atoms with E-state index in [4.69, 9.17) is 14.2 Å². The van der Waals surface area contributed by atoms with Gasteiger partial charge in [-0.15, -0.1) is 0 Å². The maximum Gasteiger partial charge on any atom is 0.362 e. The number of carboxylic acid groups (broad SMARTS) is 1. The molecule has 2 atom stereocenters. The van der Waals surface area contributed by atoms with Gasteiger partial charge >= 0.3 is 17.9 Å². The van der Waals surface area contributed by atoms with Gasteiger partial charge in [-0.05, 0) is 44.9 Å². The summed E-state index contributed by atoms with van der Waals surface area (Å²) < 4.78 is 17.4. The predicted octanol–water partition coefficient (Wildman–Crippen LogP) is 15.2. The van der Waals surface area contributed by atoms with Crippen molar-refractivity contribution in [2.24, 2.45) is 0 Å². The van der Waals surface area contributed by atoms with Crippen molar-refractivity contribution in [3.63, 3.8) is 0 Å². The second kappa shape index (κ2) is 45.4. The van der Waals surface area contributed by atoms with Crippen LogP contribution in [0.15, 0.2) is 24.3 Å². The molecule has 8 nitrogen and oxygen atoms in total. The molecule has 0 radical (unpaired) electrons. The molecule has 2 unspecified atom stereocenters. The molecule has 0 aliphatic rings. The molecule has 0 saturated heterocycles. The van der Waals surface area contributed by atoms with Crippen LogP contribution in [0, 0.1) is 0 Å². The first-order chi connectivity index (χ1) is 30.1. The Morgan fingerprint density at radius 1 is 0.484 bits per heavy atom. The van der Waals surface area contributed by atoms with E-state index in [0.717, 1.165) is 51.4 Å². The van der Waals surface area contributed by atoms with Crippen molar-refractivity contribution in [3.05, 3.63) is 24.3 Å². The topological polar surface area (TPSA) is 99.1 Å². The summed E-state index contributed by atoms with van der Waals surface area (Å²) in [5.41, 5.74) is 0. The van der Waals surface area contributed by atoms with Crippen molar-refractivity contribution in [1.82, 2.24) is 0 Å². The van der Waals surface area contributed by atoms with E-state index >= 15 is 0 Å². The van der Waals surface area contributed by atoms with Crippen LogP contribution in [0.5, 0.6) is 0 Å². The molecule has 0 amide bonds. The Hall–Kier alpha value is -2.19. The van der Waals surface area contributed by atoms with E-state index in [9.17, 15) is 19.5 Å². The fraction of sp³-hybridized carbons (Fsp3) is 0.870. The van der Waals surface area contributed by atoms with Crippen LogP contribution in [0.25, 0.3) is 0 Å². The van der Waals surface area contributed by atoms with Crippen LogP contribution in [0.3, 0.4) is 0 Å². The summed E-state index contributed by atoms with van der Waals surface area (Å²) in [7, 11) is 5.54. The van der Waals surface area contributed by atoms with Crippen LogP contribution in [-0.2, 0) is 28.6 Å². The molecular formula is C54H102NO7+. The highest BCUT2D eigenvalue weighted by molar-refractivity contribution is 5.72. The smallest absolute Gasteiger partial charge is 0.362 e. The Morgan fingerprint density at radius 2 is 0.855 bits per heavy atom. The zero-order valence-electron chi connectivity index (χ0n) is 41.6. The highest BCUT2D eigenvalue weighted by atomic mass is 16.6. The number of carbonyl (C=O) groups excluding carboxylic acids is 2. The second-order valence-corrected chi connectivity index (χ2v) is 19.1. The number of ether oxygens (including phenoxy) is 3. The molecular weight excluding hydrogens is 775 g/mol. The van der Waals surface area contributed by atoms with Gasteiger partial charge in [0.25, 0.3) is 0 Å². The number of rotatable bonds is 48. The summed E-state index contributed by atoms with van der Waals surface area (Å²) >= 11 is 0. The lowest BCUT2D eigenvalue weighted by atomic mass is 10.0. The lowest BCUT2D eigenvalue weighted by Gasteiger charge is -2.31. The Kier molecular flexibility index (Phi) is 43.8. The monoisotopic (exact) mass is 877 g/mol. The summed E-state index contributed by atoms with van der Waals surface area (Å²) in [6.07, 6.45) is 52.3. The van der Waals surface area contributed by atoms with Gasteiger partial charge in [-0.3, -0.25) is 9.59 Å². The van der Waals surface area contributed by atoms with E-state index in [0.29, 0.717) is 19.3 Å². The zero-order chi connectivity index (χ0) is 45.6. The zero-order valence-corrected chi connectivity index (χ0v) is 41.6. The first-order valence-electron chi connectivity index (χ1n) is 26.4. The van der Waals surface area contributed by atoms with Crippen LogP contribution >= 0.6 is 0 Å². The first-order valence-corrected chi connectivity index (χ1v) is 26.4. The van der Waals surface area contributed by atoms with E-state index < -0.39 is 18.1 Å². The van der Waals surface area contributed by atoms with Crippen LogP contribution in [0.4, 0.5) is 0 Å². The molecule has 0 aliphatic heterocycles. The lowest BCUT2D eigenvalue weighted by molar-refractivity contribution is -0.887. The molecule has 0 rings (SSSR count). The Bertz CT molecular complexity index is 1070. The number of hydrogen-bond acceptors (Lipinski definition) is 6. The van der Waals surface area contributed by atoms with Crippen molar-refractivity contribution in [2.45, 2.75) is 264 Å². The number of allylic oxidation sites excluding steroid dienone is 4. The average molecular weight is 877 g/mol. The minimum absolute atomic E-state index is 0.0503. The maximum absolute atomic E-state index is 12.8. The van der Waals surface area contributed by atoms with Crippen LogP contribution < -0.4 is 0 Å². The molecule has 0 heterocycles. The first kappa shape index (κ1) is 59.8. The quantitative estimate of drug-likeness (QED) is 0.0281. The number of quaternary nitrogens is 1. The summed E-state index contributed by atoms with van der Waals surface area (Å²) in [5, 5.41) is 9.66. The van der Waals surface area contributed by atoms with Crippen molar-refractivity contribution in [1.29, 1.82) is 0 Å². The summed E-state index contributed by atoms with van der Waals surface area (Å²) in [4.78, 5) is 37.2. The molecule has 8 heteroatoms. The van der Waals surface area contributed by atoms with Gasteiger partial charge in [0, 0.05) is 19.3 Å². The largest absolute Gasteiger partial charge is 0.477 e. The van der Waals surface area contributed by atoms with Gasteiger partial charge in [-0.25, -0.2) is 4.79 Å². The Labute approximate surface area is 383 Å². The number of aliphatic carboxylic acids is 1. The Morgan fingerprint density at radius 3 is 1.27 bits per heavy atom. The third-order valence-electron chi connectivity index (χ3n) is 12.1. The van der Waals surface area contributed by atoms with Gasteiger partial charge in [0.15, 0.2) is 12.1 Å². The number of unbranched alkanes of at least 4 members (excludes halogenated alkanes) is 30. The number of nitrogens with zero attached hydrogens (tertiary/aromatic N) is 1. The van der Waals surface area contributed by atoms with Gasteiger partial charge in [0.1, 0.15) is 6.61 Å². The number of carboxylic acids is 1. The Balaban J connectivity index is 4.20. The molecule has 0 spiro atoms. The molecule has 0 aliphatic carbocycles. The summed E-state index contributed by atoms with van der Waals surface area (Å²) in [6.45, 7) is 4.75. The maximum atomic E-state index is 12.8. The summed E-state index contributed by atoms with van der Waals surface area (Å²) in [5.74, 6) is -1.46. The van der Waals surface area contributed by atoms with Crippen molar-refractivity contribution >= 4 is 17.9 Å². The van der Waals surface area contributed by atoms with Gasteiger partial charge in [0.05, 0.1) is 34.4 Å². The number of esters is 2. The third kappa shape index (κ3) is 43.1. The molecule has 364 valence electrons. The molecule has 62 heavy (non-hydrogen) atoms. The average Bonchev–Trinajstić information content (AvgIpc) is 3.23. The SMILES string of the molecule is CCCCC/C=C/C/C=C/CCCCCCCCCC(=O)OCC(COCCC(C(=O)O)[N+](C)(C)C)OC(=O)CCCCCCCCCCCCCCCCCCCCCCC. The molecule has 0 fully saturated rings. The van der Waals surface area contributed by atoms with Gasteiger partial charge in [0.2, 0.25) is 0 Å². The van der Waals surface area contributed by atoms with E-state index in [-0.39, 0.29) is 36.2 Å². The van der Waals surface area contributed by atoms with E-state index in [1.807, 2.05) is 21.1 Å². The number of likely N-dealkylation sites (N-methyl/N-ethyl adjacent to an activating group) is 1. The van der Waals surface area contributed by atoms with Gasteiger partial charge < -0.3 is 23.8 Å². The standard InChI is InChI=1S/C54H101NO7/c1-6-8-10-12-14-16-18-20-22-24-25-26-27-29-31-33-35-37-39-41-43-45-53(57)62-50(48-60-47-46-51(54(58)59)55(3,4)5)49-61-52(56)44-42-40-38-36-34-32-30-28-23-21-19-17-15-13-11-9-7-2/h15,17,21,23,50-51H,6-14,16,18-20,22,24-49H2,1-5H3/p+1/b17-15+,23-21+. The minimum Gasteiger partial charge on any atom is -0.477 e. The predicted molar refractivity (Wildman–Crippen MR) is 262 cm³/mol.